The van der Waals surface area contributed by atoms with Crippen LogP contribution < -0.4 is 20.1 Å². The topological polar surface area (TPSA) is 79.9 Å². The van der Waals surface area contributed by atoms with Crippen molar-refractivity contribution in [2.75, 3.05) is 38.7 Å². The molecule has 35 heavy (non-hydrogen) atoms. The fraction of sp³-hybridized carbons (Fsp3) is 0.286. The number of methoxy groups -OCH3 is 1. The molecule has 0 bridgehead atoms. The largest absolute Gasteiger partial charge is 0.497 e. The van der Waals surface area contributed by atoms with Crippen molar-refractivity contribution < 1.29 is 19.1 Å². The van der Waals surface area contributed by atoms with Crippen molar-refractivity contribution in [3.05, 3.63) is 90.0 Å². The fourth-order valence-corrected chi connectivity index (χ4v) is 3.84. The van der Waals surface area contributed by atoms with Crippen molar-refractivity contribution >= 4 is 17.5 Å². The van der Waals surface area contributed by atoms with Crippen LogP contribution in [0.3, 0.4) is 0 Å². The predicted octanol–water partition coefficient (Wildman–Crippen LogP) is 4.53. The fourth-order valence-electron chi connectivity index (χ4n) is 3.84. The van der Waals surface area contributed by atoms with Crippen molar-refractivity contribution in [2.45, 2.75) is 19.9 Å². The number of carbonyl (C=O) groups excluding carboxylic acids is 2. The molecular formula is C28H33N3O4. The van der Waals surface area contributed by atoms with Gasteiger partial charge in [-0.25, -0.2) is 0 Å². The summed E-state index contributed by atoms with van der Waals surface area (Å²) in [5, 5.41) is 5.82. The minimum atomic E-state index is -0.288. The molecule has 0 saturated carbocycles. The first-order chi connectivity index (χ1) is 17.0. The maximum Gasteiger partial charge on any atom is 0.262 e. The summed E-state index contributed by atoms with van der Waals surface area (Å²) in [7, 11) is 1.57. The number of hydrogen-bond donors (Lipinski definition) is 2. The molecule has 3 aromatic rings. The van der Waals surface area contributed by atoms with Gasteiger partial charge >= 0.3 is 0 Å². The highest BCUT2D eigenvalue weighted by atomic mass is 16.5. The molecule has 0 heterocycles. The Balaban J connectivity index is 1.52. The molecule has 7 heteroatoms. The minimum absolute atomic E-state index is 0.0980. The number of amides is 2. The van der Waals surface area contributed by atoms with Gasteiger partial charge in [-0.2, -0.15) is 0 Å². The van der Waals surface area contributed by atoms with E-state index in [0.717, 1.165) is 13.1 Å². The summed E-state index contributed by atoms with van der Waals surface area (Å²) in [5.74, 6) is 0.723. The molecule has 3 rings (SSSR count). The normalized spacial score (nSPS) is 11.5. The van der Waals surface area contributed by atoms with Gasteiger partial charge in [-0.15, -0.1) is 0 Å². The highest BCUT2D eigenvalue weighted by Gasteiger charge is 2.19. The van der Waals surface area contributed by atoms with Gasteiger partial charge in [0.15, 0.2) is 6.61 Å². The van der Waals surface area contributed by atoms with Gasteiger partial charge in [0.25, 0.3) is 11.8 Å². The van der Waals surface area contributed by atoms with Crippen LogP contribution in [0.2, 0.25) is 0 Å². The zero-order chi connectivity index (χ0) is 25.0. The molecule has 0 saturated heterocycles. The van der Waals surface area contributed by atoms with E-state index in [-0.39, 0.29) is 24.5 Å². The number of anilines is 1. The minimum Gasteiger partial charge on any atom is -0.497 e. The van der Waals surface area contributed by atoms with Crippen LogP contribution in [-0.2, 0) is 4.79 Å². The summed E-state index contributed by atoms with van der Waals surface area (Å²) < 4.78 is 10.7. The molecule has 1 unspecified atom stereocenters. The van der Waals surface area contributed by atoms with Crippen LogP contribution in [0, 0.1) is 0 Å². The Kier molecular flexibility index (Phi) is 9.69. The molecule has 0 aliphatic heterocycles. The predicted molar refractivity (Wildman–Crippen MR) is 138 cm³/mol. The van der Waals surface area contributed by atoms with Crippen LogP contribution >= 0.6 is 0 Å². The van der Waals surface area contributed by atoms with E-state index in [1.54, 1.807) is 55.6 Å². The van der Waals surface area contributed by atoms with Gasteiger partial charge in [0.2, 0.25) is 0 Å². The van der Waals surface area contributed by atoms with Crippen LogP contribution in [0.1, 0.15) is 35.8 Å². The highest BCUT2D eigenvalue weighted by molar-refractivity contribution is 5.94. The summed E-state index contributed by atoms with van der Waals surface area (Å²) in [6.45, 7) is 6.39. The first-order valence-corrected chi connectivity index (χ1v) is 11.8. The SMILES string of the molecule is CCN(CC)C(CNC(=O)c1ccc(OCC(=O)Nc2cccc(OC)c2)cc1)c1ccccc1. The standard InChI is InChI=1S/C28H33N3O4/c1-4-31(5-2)26(21-10-7-6-8-11-21)19-29-28(33)22-14-16-24(17-15-22)35-20-27(32)30-23-12-9-13-25(18-23)34-3/h6-18,26H,4-5,19-20H2,1-3H3,(H,29,33)(H,30,32). The molecule has 0 fully saturated rings. The quantitative estimate of drug-likeness (QED) is 0.403. The summed E-state index contributed by atoms with van der Waals surface area (Å²) in [6.07, 6.45) is 0. The molecule has 0 radical (unpaired) electrons. The van der Waals surface area contributed by atoms with Crippen LogP contribution in [0.5, 0.6) is 11.5 Å². The Morgan fingerprint density at radius 2 is 1.60 bits per heavy atom. The van der Waals surface area contributed by atoms with E-state index in [0.29, 0.717) is 29.3 Å². The second kappa shape index (κ2) is 13.2. The smallest absolute Gasteiger partial charge is 0.262 e. The van der Waals surface area contributed by atoms with Crippen LogP contribution in [0.4, 0.5) is 5.69 Å². The second-order valence-corrected chi connectivity index (χ2v) is 7.95. The number of benzene rings is 3. The number of rotatable bonds is 12. The lowest BCUT2D eigenvalue weighted by Crippen LogP contribution is -2.38. The summed E-state index contributed by atoms with van der Waals surface area (Å²) in [5.41, 5.74) is 2.33. The third-order valence-corrected chi connectivity index (χ3v) is 5.73. The molecule has 184 valence electrons. The van der Waals surface area contributed by atoms with Crippen molar-refractivity contribution in [1.29, 1.82) is 0 Å². The Labute approximate surface area is 207 Å². The van der Waals surface area contributed by atoms with E-state index >= 15 is 0 Å². The third-order valence-electron chi connectivity index (χ3n) is 5.73. The average Bonchev–Trinajstić information content (AvgIpc) is 2.90. The highest BCUT2D eigenvalue weighted by Crippen LogP contribution is 2.20. The molecule has 3 aromatic carbocycles. The maximum atomic E-state index is 12.8. The molecule has 2 amide bonds. The Bertz CT molecular complexity index is 1080. The van der Waals surface area contributed by atoms with Gasteiger partial charge in [-0.05, 0) is 55.1 Å². The lowest BCUT2D eigenvalue weighted by atomic mass is 10.0. The number of nitrogens with zero attached hydrogens (tertiary/aromatic N) is 1. The lowest BCUT2D eigenvalue weighted by molar-refractivity contribution is -0.118. The lowest BCUT2D eigenvalue weighted by Gasteiger charge is -2.30. The van der Waals surface area contributed by atoms with Gasteiger partial charge in [-0.1, -0.05) is 50.2 Å². The van der Waals surface area contributed by atoms with Crippen LogP contribution in [0.15, 0.2) is 78.9 Å². The zero-order valence-corrected chi connectivity index (χ0v) is 20.5. The van der Waals surface area contributed by atoms with E-state index < -0.39 is 0 Å². The van der Waals surface area contributed by atoms with Crippen molar-refractivity contribution in [3.63, 3.8) is 0 Å². The zero-order valence-electron chi connectivity index (χ0n) is 20.5. The monoisotopic (exact) mass is 475 g/mol. The van der Waals surface area contributed by atoms with E-state index in [2.05, 4.69) is 41.5 Å². The molecule has 1 atom stereocenters. The molecule has 2 N–H and O–H groups in total. The number of carbonyl (C=O) groups is 2. The van der Waals surface area contributed by atoms with E-state index in [4.69, 9.17) is 9.47 Å². The van der Waals surface area contributed by atoms with Gasteiger partial charge < -0.3 is 20.1 Å². The molecule has 0 aromatic heterocycles. The molecule has 0 aliphatic carbocycles. The Morgan fingerprint density at radius 1 is 0.886 bits per heavy atom. The summed E-state index contributed by atoms with van der Waals surface area (Å²) in [4.78, 5) is 27.3. The first-order valence-electron chi connectivity index (χ1n) is 11.8. The Hall–Kier alpha value is -3.84. The van der Waals surface area contributed by atoms with Crippen LogP contribution in [0.25, 0.3) is 0 Å². The average molecular weight is 476 g/mol. The van der Waals surface area contributed by atoms with Crippen molar-refractivity contribution in [3.8, 4) is 11.5 Å². The number of hydrogen-bond acceptors (Lipinski definition) is 5. The third kappa shape index (κ3) is 7.58. The van der Waals surface area contributed by atoms with E-state index in [9.17, 15) is 9.59 Å². The number of nitrogens with one attached hydrogen (secondary N) is 2. The Morgan fingerprint density at radius 3 is 2.26 bits per heavy atom. The van der Waals surface area contributed by atoms with Gasteiger partial charge in [0.05, 0.1) is 13.2 Å². The summed E-state index contributed by atoms with van der Waals surface area (Å²) in [6, 6.07) is 24.2. The maximum absolute atomic E-state index is 12.8. The molecule has 7 nitrogen and oxygen atoms in total. The van der Waals surface area contributed by atoms with E-state index in [1.165, 1.54) is 5.56 Å². The number of likely N-dealkylation sites (N-methyl/N-ethyl adjacent to an activating group) is 1. The van der Waals surface area contributed by atoms with Gasteiger partial charge in [-0.3, -0.25) is 14.5 Å². The molecular weight excluding hydrogens is 442 g/mol. The van der Waals surface area contributed by atoms with E-state index in [1.807, 2.05) is 18.2 Å². The first kappa shape index (κ1) is 25.8. The number of ether oxygens (including phenoxy) is 2. The van der Waals surface area contributed by atoms with Crippen molar-refractivity contribution in [1.82, 2.24) is 10.2 Å². The molecule has 0 aliphatic rings. The van der Waals surface area contributed by atoms with Crippen molar-refractivity contribution in [2.24, 2.45) is 0 Å². The van der Waals surface area contributed by atoms with Crippen LogP contribution in [-0.4, -0.2) is 50.1 Å². The molecule has 0 spiro atoms. The van der Waals surface area contributed by atoms with Gasteiger partial charge in [0.1, 0.15) is 11.5 Å². The van der Waals surface area contributed by atoms with Gasteiger partial charge in [0, 0.05) is 23.9 Å². The summed E-state index contributed by atoms with van der Waals surface area (Å²) >= 11 is 0. The second-order valence-electron chi connectivity index (χ2n) is 7.95.